The Morgan fingerprint density at radius 3 is 2.00 bits per heavy atom. The van der Waals surface area contributed by atoms with Gasteiger partial charge >= 0.3 is 12.1 Å². The third-order valence-electron chi connectivity index (χ3n) is 3.90. The highest BCUT2D eigenvalue weighted by atomic mass is 16.6. The zero-order valence-electron chi connectivity index (χ0n) is 16.3. The molecule has 1 rings (SSSR count). The maximum Gasteiger partial charge on any atom is 0.410 e. The van der Waals surface area contributed by atoms with Crippen LogP contribution in [0.5, 0.6) is 0 Å². The first-order valence-electron chi connectivity index (χ1n) is 8.33. The maximum absolute atomic E-state index is 13.0. The van der Waals surface area contributed by atoms with E-state index in [1.807, 2.05) is 6.07 Å². The van der Waals surface area contributed by atoms with Gasteiger partial charge in [0.15, 0.2) is 0 Å². The fraction of sp³-hybridized carbons (Fsp3) is 0.526. The number of hydrogen-bond donors (Lipinski definition) is 1. The molecule has 0 saturated carbocycles. The average molecular weight is 364 g/mol. The molecular formula is C19H28N2O5. The van der Waals surface area contributed by atoms with Gasteiger partial charge in [-0.3, -0.25) is 14.5 Å². The fourth-order valence-electron chi connectivity index (χ4n) is 2.70. The molecule has 0 aliphatic heterocycles. The van der Waals surface area contributed by atoms with Crippen molar-refractivity contribution in [2.75, 3.05) is 21.1 Å². The predicted octanol–water partition coefficient (Wildman–Crippen LogP) is 2.40. The second-order valence-electron chi connectivity index (χ2n) is 7.50. The summed E-state index contributed by atoms with van der Waals surface area (Å²) >= 11 is 0. The van der Waals surface area contributed by atoms with Crippen molar-refractivity contribution in [1.29, 1.82) is 0 Å². The number of aliphatic carboxylic acids is 1. The van der Waals surface area contributed by atoms with Gasteiger partial charge in [0.05, 0.1) is 6.42 Å². The van der Waals surface area contributed by atoms with Crippen LogP contribution in [0.2, 0.25) is 0 Å². The van der Waals surface area contributed by atoms with Crippen LogP contribution in [-0.4, -0.2) is 65.2 Å². The van der Waals surface area contributed by atoms with E-state index in [1.54, 1.807) is 45.0 Å². The van der Waals surface area contributed by atoms with Gasteiger partial charge < -0.3 is 14.7 Å². The monoisotopic (exact) mass is 364 g/mol. The average Bonchev–Trinajstić information content (AvgIpc) is 2.51. The Morgan fingerprint density at radius 2 is 1.58 bits per heavy atom. The molecule has 1 atom stereocenters. The minimum absolute atomic E-state index is 0.0624. The number of benzene rings is 1. The van der Waals surface area contributed by atoms with E-state index in [2.05, 4.69) is 0 Å². The lowest BCUT2D eigenvalue weighted by molar-refractivity contribution is -0.150. The molecule has 0 spiro atoms. The molecule has 0 aliphatic rings. The van der Waals surface area contributed by atoms with E-state index in [9.17, 15) is 19.5 Å². The van der Waals surface area contributed by atoms with Crippen molar-refractivity contribution in [1.82, 2.24) is 9.80 Å². The lowest BCUT2D eigenvalue weighted by Crippen LogP contribution is -2.61. The van der Waals surface area contributed by atoms with Crippen molar-refractivity contribution in [3.63, 3.8) is 0 Å². The first-order valence-corrected chi connectivity index (χ1v) is 8.33. The number of ether oxygens (including phenoxy) is 1. The third kappa shape index (κ3) is 5.47. The van der Waals surface area contributed by atoms with Crippen molar-refractivity contribution in [3.8, 4) is 0 Å². The van der Waals surface area contributed by atoms with Crippen LogP contribution in [0.25, 0.3) is 0 Å². The Morgan fingerprint density at radius 1 is 1.04 bits per heavy atom. The lowest BCUT2D eigenvalue weighted by atomic mass is 9.84. The second-order valence-corrected chi connectivity index (χ2v) is 7.50. The largest absolute Gasteiger partial charge is 0.481 e. The van der Waals surface area contributed by atoms with E-state index in [-0.39, 0.29) is 6.42 Å². The Kier molecular flexibility index (Phi) is 6.78. The van der Waals surface area contributed by atoms with Gasteiger partial charge in [-0.15, -0.1) is 0 Å². The molecule has 7 heteroatoms. The molecule has 0 fully saturated rings. The maximum atomic E-state index is 13.0. The summed E-state index contributed by atoms with van der Waals surface area (Å²) in [5.41, 5.74) is -1.62. The minimum atomic E-state index is -1.60. The van der Waals surface area contributed by atoms with E-state index in [1.165, 1.54) is 26.0 Å². The van der Waals surface area contributed by atoms with Crippen molar-refractivity contribution in [2.24, 2.45) is 0 Å². The molecule has 7 nitrogen and oxygen atoms in total. The van der Waals surface area contributed by atoms with Gasteiger partial charge in [0, 0.05) is 27.6 Å². The standard InChI is InChI=1S/C19H28N2O5/c1-18(2,3)26-17(25)21(6)19(13-15(22)23,16(24)20(4)5)12-14-10-8-7-9-11-14/h7-11H,12-13H2,1-6H3,(H,22,23). The molecule has 0 bridgehead atoms. The Bertz CT molecular complexity index is 652. The molecule has 1 N–H and O–H groups in total. The number of carboxylic acid groups (broad SMARTS) is 1. The summed E-state index contributed by atoms with van der Waals surface area (Å²) in [6, 6.07) is 9.02. The van der Waals surface area contributed by atoms with E-state index in [0.29, 0.717) is 0 Å². The minimum Gasteiger partial charge on any atom is -0.481 e. The van der Waals surface area contributed by atoms with E-state index >= 15 is 0 Å². The zero-order valence-corrected chi connectivity index (χ0v) is 16.3. The number of carbonyl (C=O) groups excluding carboxylic acids is 2. The van der Waals surface area contributed by atoms with Gasteiger partial charge in [0.1, 0.15) is 11.1 Å². The SMILES string of the molecule is CN(C)C(=O)C(CC(=O)O)(Cc1ccccc1)N(C)C(=O)OC(C)(C)C. The molecule has 1 unspecified atom stereocenters. The Labute approximate surface area is 154 Å². The van der Waals surface area contributed by atoms with Crippen LogP contribution in [0, 0.1) is 0 Å². The number of likely N-dealkylation sites (N-methyl/N-ethyl adjacent to an activating group) is 2. The summed E-state index contributed by atoms with van der Waals surface area (Å²) in [4.78, 5) is 39.7. The number of carbonyl (C=O) groups is 3. The number of amides is 2. The van der Waals surface area contributed by atoms with Crippen LogP contribution < -0.4 is 0 Å². The highest BCUT2D eigenvalue weighted by molar-refractivity contribution is 5.93. The van der Waals surface area contributed by atoms with Crippen LogP contribution in [0.3, 0.4) is 0 Å². The molecule has 1 aromatic carbocycles. The normalized spacial score (nSPS) is 13.5. The summed E-state index contributed by atoms with van der Waals surface area (Å²) in [6.45, 7) is 5.13. The van der Waals surface area contributed by atoms with E-state index in [4.69, 9.17) is 4.74 Å². The number of rotatable bonds is 6. The smallest absolute Gasteiger partial charge is 0.410 e. The van der Waals surface area contributed by atoms with Gasteiger partial charge in [-0.2, -0.15) is 0 Å². The lowest BCUT2D eigenvalue weighted by Gasteiger charge is -2.41. The summed E-state index contributed by atoms with van der Waals surface area (Å²) in [5.74, 6) is -1.65. The van der Waals surface area contributed by atoms with Gasteiger partial charge in [0.2, 0.25) is 5.91 Å². The van der Waals surface area contributed by atoms with Gasteiger partial charge in [-0.05, 0) is 26.3 Å². The summed E-state index contributed by atoms with van der Waals surface area (Å²) in [6.07, 6.45) is -1.22. The first kappa shape index (κ1) is 21.5. The molecule has 2 amide bonds. The van der Waals surface area contributed by atoms with E-state index in [0.717, 1.165) is 10.5 Å². The van der Waals surface area contributed by atoms with Crippen molar-refractivity contribution < 1.29 is 24.2 Å². The summed E-state index contributed by atoms with van der Waals surface area (Å²) < 4.78 is 5.38. The summed E-state index contributed by atoms with van der Waals surface area (Å²) in [7, 11) is 4.47. The molecule has 26 heavy (non-hydrogen) atoms. The highest BCUT2D eigenvalue weighted by Gasteiger charge is 2.48. The van der Waals surface area contributed by atoms with Crippen LogP contribution >= 0.6 is 0 Å². The Balaban J connectivity index is 3.42. The second kappa shape index (κ2) is 8.21. The van der Waals surface area contributed by atoms with Gasteiger partial charge in [0.25, 0.3) is 0 Å². The first-order chi connectivity index (χ1) is 11.9. The van der Waals surface area contributed by atoms with Crippen LogP contribution in [0.1, 0.15) is 32.8 Å². The number of hydrogen-bond acceptors (Lipinski definition) is 4. The summed E-state index contributed by atoms with van der Waals surface area (Å²) in [5, 5.41) is 9.47. The van der Waals surface area contributed by atoms with Gasteiger partial charge in [-0.25, -0.2) is 4.79 Å². The molecule has 1 aromatic rings. The predicted molar refractivity (Wildman–Crippen MR) is 97.8 cm³/mol. The molecule has 0 radical (unpaired) electrons. The zero-order chi connectivity index (χ0) is 20.1. The quantitative estimate of drug-likeness (QED) is 0.837. The van der Waals surface area contributed by atoms with Gasteiger partial charge in [-0.1, -0.05) is 30.3 Å². The fourth-order valence-corrected chi connectivity index (χ4v) is 2.70. The molecule has 0 aromatic heterocycles. The molecule has 0 aliphatic carbocycles. The molecule has 0 heterocycles. The molecular weight excluding hydrogens is 336 g/mol. The van der Waals surface area contributed by atoms with E-state index < -0.39 is 35.5 Å². The van der Waals surface area contributed by atoms with Crippen LogP contribution in [-0.2, 0) is 20.7 Å². The van der Waals surface area contributed by atoms with Crippen LogP contribution in [0.4, 0.5) is 4.79 Å². The molecule has 144 valence electrons. The van der Waals surface area contributed by atoms with Crippen molar-refractivity contribution >= 4 is 18.0 Å². The van der Waals surface area contributed by atoms with Crippen molar-refractivity contribution in [2.45, 2.75) is 44.8 Å². The molecule has 0 saturated heterocycles. The highest BCUT2D eigenvalue weighted by Crippen LogP contribution is 2.28. The Hall–Kier alpha value is -2.57. The number of nitrogens with zero attached hydrogens (tertiary/aromatic N) is 2. The van der Waals surface area contributed by atoms with Crippen molar-refractivity contribution in [3.05, 3.63) is 35.9 Å². The third-order valence-corrected chi connectivity index (χ3v) is 3.90. The number of carboxylic acids is 1. The van der Waals surface area contributed by atoms with Crippen LogP contribution in [0.15, 0.2) is 30.3 Å². The topological polar surface area (TPSA) is 87.2 Å².